The van der Waals surface area contributed by atoms with Crippen molar-refractivity contribution < 1.29 is 13.5 Å². The van der Waals surface area contributed by atoms with Gasteiger partial charge >= 0.3 is 0 Å². The number of guanidine groups is 1. The summed E-state index contributed by atoms with van der Waals surface area (Å²) in [4.78, 5) is 6.92. The number of halogens is 2. The second kappa shape index (κ2) is 9.70. The van der Waals surface area contributed by atoms with Crippen LogP contribution in [0.3, 0.4) is 0 Å². The summed E-state index contributed by atoms with van der Waals surface area (Å²) in [6.45, 7) is 10.6. The van der Waals surface area contributed by atoms with Gasteiger partial charge in [0.1, 0.15) is 11.6 Å². The topological polar surface area (TPSA) is 36.9 Å². The van der Waals surface area contributed by atoms with Crippen LogP contribution < -0.4 is 5.32 Å². The van der Waals surface area contributed by atoms with E-state index in [9.17, 15) is 8.78 Å². The first-order valence-electron chi connectivity index (χ1n) is 9.11. The summed E-state index contributed by atoms with van der Waals surface area (Å²) in [6, 6.07) is 3.73. The monoisotopic (exact) mass is 353 g/mol. The molecule has 2 atom stereocenters. The van der Waals surface area contributed by atoms with Crippen LogP contribution in [-0.4, -0.2) is 50.3 Å². The molecule has 25 heavy (non-hydrogen) atoms. The van der Waals surface area contributed by atoms with Gasteiger partial charge in [0.2, 0.25) is 0 Å². The van der Waals surface area contributed by atoms with Crippen LogP contribution in [-0.2, 0) is 4.74 Å². The standard InChI is InChI=1S/C19H29F2N3O/c1-4-22-19(24-9-8-15(12-24)13-25-5-2)23-11-14(3)17-7-6-16(20)10-18(17)21/h6-7,10,14-15H,4-5,8-9,11-13H2,1-3H3,(H,22,23). The summed E-state index contributed by atoms with van der Waals surface area (Å²) in [5.41, 5.74) is 0.497. The minimum absolute atomic E-state index is 0.115. The van der Waals surface area contributed by atoms with E-state index in [0.29, 0.717) is 18.0 Å². The minimum atomic E-state index is -0.553. The lowest BCUT2D eigenvalue weighted by molar-refractivity contribution is 0.114. The highest BCUT2D eigenvalue weighted by atomic mass is 19.1. The largest absolute Gasteiger partial charge is 0.381 e. The molecule has 1 aromatic rings. The van der Waals surface area contributed by atoms with Crippen LogP contribution in [0, 0.1) is 17.6 Å². The van der Waals surface area contributed by atoms with E-state index < -0.39 is 11.6 Å². The molecule has 0 spiro atoms. The Morgan fingerprint density at radius 2 is 2.20 bits per heavy atom. The molecule has 140 valence electrons. The lowest BCUT2D eigenvalue weighted by Gasteiger charge is -2.22. The molecule has 2 rings (SSSR count). The molecular formula is C19H29F2N3O. The maximum atomic E-state index is 13.9. The summed E-state index contributed by atoms with van der Waals surface area (Å²) in [6.07, 6.45) is 1.09. The highest BCUT2D eigenvalue weighted by Gasteiger charge is 2.25. The molecule has 0 saturated carbocycles. The molecule has 1 fully saturated rings. The first kappa shape index (κ1) is 19.6. The van der Waals surface area contributed by atoms with Crippen molar-refractivity contribution in [2.75, 3.05) is 39.4 Å². The highest BCUT2D eigenvalue weighted by molar-refractivity contribution is 5.80. The molecule has 6 heteroatoms. The molecule has 0 radical (unpaired) electrons. The first-order valence-corrected chi connectivity index (χ1v) is 9.11. The summed E-state index contributed by atoms with van der Waals surface area (Å²) >= 11 is 0. The molecule has 2 unspecified atom stereocenters. The molecule has 0 aliphatic carbocycles. The van der Waals surface area contributed by atoms with Gasteiger partial charge in [-0.1, -0.05) is 13.0 Å². The lowest BCUT2D eigenvalue weighted by atomic mass is 10.0. The number of hydrogen-bond donors (Lipinski definition) is 1. The van der Waals surface area contributed by atoms with Crippen LogP contribution in [0.5, 0.6) is 0 Å². The van der Waals surface area contributed by atoms with Crippen LogP contribution in [0.1, 0.15) is 38.7 Å². The molecular weight excluding hydrogens is 324 g/mol. The number of nitrogens with one attached hydrogen (secondary N) is 1. The van der Waals surface area contributed by atoms with Gasteiger partial charge in [-0.25, -0.2) is 8.78 Å². The van der Waals surface area contributed by atoms with E-state index in [1.807, 2.05) is 20.8 Å². The molecule has 0 bridgehead atoms. The van der Waals surface area contributed by atoms with Crippen molar-refractivity contribution in [2.45, 2.75) is 33.1 Å². The third kappa shape index (κ3) is 5.66. The maximum Gasteiger partial charge on any atom is 0.193 e. The second-order valence-corrected chi connectivity index (χ2v) is 6.52. The molecule has 1 aliphatic rings. The summed E-state index contributed by atoms with van der Waals surface area (Å²) < 4.78 is 32.5. The van der Waals surface area contributed by atoms with Crippen molar-refractivity contribution in [3.8, 4) is 0 Å². The Labute approximate surface area is 149 Å². The van der Waals surface area contributed by atoms with Crippen LogP contribution in [0.25, 0.3) is 0 Å². The van der Waals surface area contributed by atoms with Gasteiger partial charge in [0.05, 0.1) is 6.61 Å². The normalized spacial score (nSPS) is 19.3. The lowest BCUT2D eigenvalue weighted by Crippen LogP contribution is -2.40. The van der Waals surface area contributed by atoms with Crippen LogP contribution >= 0.6 is 0 Å². The van der Waals surface area contributed by atoms with Gasteiger partial charge in [-0.15, -0.1) is 0 Å². The summed E-state index contributed by atoms with van der Waals surface area (Å²) in [7, 11) is 0. The average molecular weight is 353 g/mol. The number of hydrogen-bond acceptors (Lipinski definition) is 2. The van der Waals surface area contributed by atoms with Crippen molar-refractivity contribution in [2.24, 2.45) is 10.9 Å². The zero-order chi connectivity index (χ0) is 18.2. The Morgan fingerprint density at radius 3 is 2.88 bits per heavy atom. The Hall–Kier alpha value is -1.69. The van der Waals surface area contributed by atoms with E-state index in [1.165, 1.54) is 12.1 Å². The van der Waals surface area contributed by atoms with Crippen LogP contribution in [0.2, 0.25) is 0 Å². The van der Waals surface area contributed by atoms with Gasteiger partial charge in [0.25, 0.3) is 0 Å². The van der Waals surface area contributed by atoms with Crippen molar-refractivity contribution >= 4 is 5.96 Å². The van der Waals surface area contributed by atoms with Gasteiger partial charge in [-0.2, -0.15) is 0 Å². The minimum Gasteiger partial charge on any atom is -0.381 e. The summed E-state index contributed by atoms with van der Waals surface area (Å²) in [5, 5.41) is 3.31. The fourth-order valence-corrected chi connectivity index (χ4v) is 3.09. The summed E-state index contributed by atoms with van der Waals surface area (Å²) in [5.74, 6) is 0.205. The van der Waals surface area contributed by atoms with E-state index in [0.717, 1.165) is 51.3 Å². The smallest absolute Gasteiger partial charge is 0.193 e. The first-order chi connectivity index (χ1) is 12.0. The Bertz CT molecular complexity index is 580. The van der Waals surface area contributed by atoms with Crippen LogP contribution in [0.15, 0.2) is 23.2 Å². The van der Waals surface area contributed by atoms with E-state index in [-0.39, 0.29) is 5.92 Å². The van der Waals surface area contributed by atoms with E-state index in [1.54, 1.807) is 0 Å². The van der Waals surface area contributed by atoms with Crippen molar-refractivity contribution in [3.63, 3.8) is 0 Å². The molecule has 1 aliphatic heterocycles. The molecule has 0 aromatic heterocycles. The number of nitrogens with zero attached hydrogens (tertiary/aromatic N) is 2. The van der Waals surface area contributed by atoms with Crippen molar-refractivity contribution in [1.29, 1.82) is 0 Å². The molecule has 0 amide bonds. The molecule has 4 nitrogen and oxygen atoms in total. The van der Waals surface area contributed by atoms with E-state index in [2.05, 4.69) is 15.2 Å². The SMILES string of the molecule is CCNC(=NCC(C)c1ccc(F)cc1F)N1CCC(COCC)C1. The highest BCUT2D eigenvalue weighted by Crippen LogP contribution is 2.21. The average Bonchev–Trinajstić information content (AvgIpc) is 3.05. The number of rotatable bonds is 7. The second-order valence-electron chi connectivity index (χ2n) is 6.52. The van der Waals surface area contributed by atoms with Crippen molar-refractivity contribution in [1.82, 2.24) is 10.2 Å². The molecule has 1 saturated heterocycles. The van der Waals surface area contributed by atoms with E-state index >= 15 is 0 Å². The number of likely N-dealkylation sites (tertiary alicyclic amines) is 1. The fraction of sp³-hybridized carbons (Fsp3) is 0.632. The Kier molecular flexibility index (Phi) is 7.62. The molecule has 1 N–H and O–H groups in total. The van der Waals surface area contributed by atoms with Crippen molar-refractivity contribution in [3.05, 3.63) is 35.4 Å². The number of benzene rings is 1. The maximum absolute atomic E-state index is 13.9. The zero-order valence-electron chi connectivity index (χ0n) is 15.4. The number of ether oxygens (including phenoxy) is 1. The predicted molar refractivity (Wildman–Crippen MR) is 96.9 cm³/mol. The fourth-order valence-electron chi connectivity index (χ4n) is 3.09. The quantitative estimate of drug-likeness (QED) is 0.603. The molecule has 1 aromatic carbocycles. The predicted octanol–water partition coefficient (Wildman–Crippen LogP) is 3.39. The van der Waals surface area contributed by atoms with E-state index in [4.69, 9.17) is 4.74 Å². The Morgan fingerprint density at radius 1 is 1.40 bits per heavy atom. The van der Waals surface area contributed by atoms with Gasteiger partial charge in [-0.3, -0.25) is 4.99 Å². The van der Waals surface area contributed by atoms with Gasteiger partial charge in [0.15, 0.2) is 5.96 Å². The van der Waals surface area contributed by atoms with Gasteiger partial charge in [-0.05, 0) is 31.9 Å². The van der Waals surface area contributed by atoms with Gasteiger partial charge in [0, 0.05) is 50.7 Å². The zero-order valence-corrected chi connectivity index (χ0v) is 15.4. The third-order valence-corrected chi connectivity index (χ3v) is 4.49. The molecule has 1 heterocycles. The third-order valence-electron chi connectivity index (χ3n) is 4.49. The Balaban J connectivity index is 1.99. The number of aliphatic imine (C=N–C) groups is 1. The van der Waals surface area contributed by atoms with Crippen LogP contribution in [0.4, 0.5) is 8.78 Å². The van der Waals surface area contributed by atoms with Gasteiger partial charge < -0.3 is 15.0 Å².